The molecule has 18 heterocycles. The van der Waals surface area contributed by atoms with Crippen LogP contribution in [0.5, 0.6) is 0 Å². The van der Waals surface area contributed by atoms with E-state index < -0.39 is 53.7 Å². The highest BCUT2D eigenvalue weighted by atomic mass is 19.4. The molecular weight excluding hydrogens is 1220 g/mol. The molecule has 6 aliphatic rings. The highest BCUT2D eigenvalue weighted by Crippen LogP contribution is 2.43. The van der Waals surface area contributed by atoms with Gasteiger partial charge in [0.25, 0.3) is 35.3 Å². The van der Waals surface area contributed by atoms with Crippen molar-refractivity contribution in [1.82, 2.24) is 88.6 Å². The molecule has 3 unspecified atom stereocenters. The Balaban J connectivity index is 0.000000110. The van der Waals surface area contributed by atoms with E-state index in [0.29, 0.717) is 11.4 Å². The summed E-state index contributed by atoms with van der Waals surface area (Å²) in [6.45, 7) is 18.2. The van der Waals surface area contributed by atoms with E-state index in [1.54, 1.807) is 77.1 Å². The summed E-state index contributed by atoms with van der Waals surface area (Å²) >= 11 is 0. The van der Waals surface area contributed by atoms with Gasteiger partial charge in [0.1, 0.15) is 41.9 Å². The van der Waals surface area contributed by atoms with Crippen LogP contribution in [0.15, 0.2) is 135 Å². The first-order valence-corrected chi connectivity index (χ1v) is 28.6. The van der Waals surface area contributed by atoms with Crippen molar-refractivity contribution in [2.24, 2.45) is 0 Å². The largest absolute Gasteiger partial charge is 0.584 e. The number of pyridine rings is 3. The molecule has 12 aromatic rings. The van der Waals surface area contributed by atoms with E-state index in [-0.39, 0.29) is 34.1 Å². The molecule has 0 bridgehead atoms. The fourth-order valence-electron chi connectivity index (χ4n) is 13.1. The van der Waals surface area contributed by atoms with Crippen molar-refractivity contribution in [3.05, 3.63) is 181 Å². The van der Waals surface area contributed by atoms with Gasteiger partial charge in [-0.2, -0.15) is 69.8 Å². The fourth-order valence-corrected chi connectivity index (χ4v) is 13.1. The smallest absolute Gasteiger partial charge is 0.251 e. The minimum Gasteiger partial charge on any atom is -0.251 e. The van der Waals surface area contributed by atoms with Crippen LogP contribution >= 0.6 is 0 Å². The van der Waals surface area contributed by atoms with Gasteiger partial charge < -0.3 is 0 Å². The van der Waals surface area contributed by atoms with E-state index in [0.717, 1.165) is 62.4 Å². The average molecular weight is 1270 g/mol. The third-order valence-electron chi connectivity index (χ3n) is 16.9. The van der Waals surface area contributed by atoms with Crippen LogP contribution in [0.2, 0.25) is 0 Å². The molecule has 3 spiro atoms. The number of nitrogens with zero attached hydrogens (tertiary/aromatic N) is 24. The second-order valence-electron chi connectivity index (χ2n) is 24.8. The molecule has 33 heteroatoms. The van der Waals surface area contributed by atoms with Gasteiger partial charge in [-0.1, -0.05) is 60.3 Å². The van der Waals surface area contributed by atoms with Crippen LogP contribution in [0.25, 0.3) is 68.8 Å². The summed E-state index contributed by atoms with van der Waals surface area (Å²) in [6, 6.07) is 22.7. The topological polar surface area (TPSA) is 208 Å². The van der Waals surface area contributed by atoms with Gasteiger partial charge in [-0.3, -0.25) is 4.98 Å². The number of hydrogen-bond donors (Lipinski definition) is 0. The van der Waals surface area contributed by atoms with Crippen LogP contribution in [0.3, 0.4) is 0 Å². The first-order valence-electron chi connectivity index (χ1n) is 28.6. The van der Waals surface area contributed by atoms with Crippen molar-refractivity contribution in [1.29, 1.82) is 0 Å². The van der Waals surface area contributed by atoms with Gasteiger partial charge in [-0.15, -0.1) is 57.0 Å². The van der Waals surface area contributed by atoms with Crippen molar-refractivity contribution in [2.75, 3.05) is 0 Å². The molecule has 6 aliphatic heterocycles. The quantitative estimate of drug-likeness (QED) is 0.138. The van der Waals surface area contributed by atoms with Gasteiger partial charge in [-0.25, -0.2) is 0 Å². The zero-order chi connectivity index (χ0) is 64.5. The zero-order valence-corrected chi connectivity index (χ0v) is 49.8. The Bertz CT molecular complexity index is 4930. The Morgan fingerprint density at radius 2 is 0.826 bits per heavy atom. The van der Waals surface area contributed by atoms with Crippen LogP contribution in [0.4, 0.5) is 39.5 Å². The molecule has 0 aromatic carbocycles. The van der Waals surface area contributed by atoms with E-state index in [1.807, 2.05) is 89.3 Å². The second kappa shape index (κ2) is 18.0. The molecule has 0 saturated heterocycles. The maximum absolute atomic E-state index is 13.6. The standard InChI is InChI=1S/2C21H19F3N8.C17H11F3N8/c1-12-9-15-14-10-13(19(2,3)4)5-7-29(14)21(31(15)27-12)30-8-6-25-11-16(30)17-26-18(20(22,23)24)28-32(17)21;1-12-10-15-14-11-13(19(2,3)4)6-9-29(14)21(31(15)27-12)30-8-5-7-25-16(30)17-26-18(20(22,23)24)28-32(17)21;1-10-8-13-11-4-2-3-7-25(11)17(27(13)23-10)26-9-21-6-5-12(26)14-22-15(16(18,19)20)24-28(14)17/h2*5-11H,1-4H3;2-9H,1H3/q3*+2. The molecule has 12 aromatic heterocycles. The molecule has 0 saturated carbocycles. The average Bonchev–Trinajstić information content (AvgIpc) is 1.52. The summed E-state index contributed by atoms with van der Waals surface area (Å²) < 4.78 is 141. The van der Waals surface area contributed by atoms with E-state index >= 15 is 0 Å². The summed E-state index contributed by atoms with van der Waals surface area (Å²) in [4.78, 5) is 24.1. The lowest BCUT2D eigenvalue weighted by molar-refractivity contribution is -0.992. The SMILES string of the molecule is Cc1cc2n(n1)C1(n3nc(C(F)(F)F)nc3-c3ccnc[n+]31)[n+]1ccccc1-2.Cc1cc2n(n1)C1(n3nc(C(F)(F)F)nc3-c3cncc[n+]31)[n+]1ccc(C(C)(C)C)cc1-2.Cc1cc2n(n1)C1(n3nc(C(F)(F)F)nc3-c3nccc[n+]31)[n+]1ccc(C(C)(C)C)cc1-2. The van der Waals surface area contributed by atoms with Crippen molar-refractivity contribution >= 4 is 0 Å². The Morgan fingerprint density at radius 1 is 0.380 bits per heavy atom. The Hall–Kier alpha value is -10.9. The lowest BCUT2D eigenvalue weighted by Gasteiger charge is -2.20. The molecule has 92 heavy (non-hydrogen) atoms. The monoisotopic (exact) mass is 1260 g/mol. The number of aromatic nitrogens is 24. The molecule has 0 N–H and O–H groups in total. The van der Waals surface area contributed by atoms with Gasteiger partial charge in [0.2, 0.25) is 28.7 Å². The van der Waals surface area contributed by atoms with Crippen LogP contribution in [0.1, 0.15) is 87.2 Å². The van der Waals surface area contributed by atoms with Gasteiger partial charge in [0, 0.05) is 48.5 Å². The van der Waals surface area contributed by atoms with Crippen molar-refractivity contribution in [2.45, 2.75) is 109 Å². The molecular formula is C59H49F9N24+6. The third-order valence-corrected chi connectivity index (χ3v) is 16.9. The number of rotatable bonds is 0. The van der Waals surface area contributed by atoms with E-state index in [4.69, 9.17) is 0 Å². The molecule has 0 fully saturated rings. The third kappa shape index (κ3) is 7.30. The van der Waals surface area contributed by atoms with E-state index in [2.05, 4.69) is 114 Å². The first kappa shape index (κ1) is 56.4. The molecule has 0 amide bonds. The van der Waals surface area contributed by atoms with Crippen LogP contribution in [-0.4, -0.2) is 88.6 Å². The summed E-state index contributed by atoms with van der Waals surface area (Å²) in [5, 5.41) is 25.7. The summed E-state index contributed by atoms with van der Waals surface area (Å²) in [5.74, 6) is -7.24. The van der Waals surface area contributed by atoms with E-state index in [9.17, 15) is 39.5 Å². The van der Waals surface area contributed by atoms with Gasteiger partial charge in [0.15, 0.2) is 30.5 Å². The van der Waals surface area contributed by atoms with Crippen LogP contribution < -0.4 is 27.4 Å². The molecule has 0 radical (unpaired) electrons. The first-order chi connectivity index (χ1) is 43.5. The highest BCUT2D eigenvalue weighted by molar-refractivity contribution is 5.59. The maximum Gasteiger partial charge on any atom is 0.584 e. The van der Waals surface area contributed by atoms with Crippen LogP contribution in [-0.2, 0) is 47.1 Å². The number of fused-ring (bicyclic) bond motifs is 30. The summed E-state index contributed by atoms with van der Waals surface area (Å²) in [7, 11) is 0. The van der Waals surface area contributed by atoms with Gasteiger partial charge >= 0.3 is 42.1 Å². The molecule has 24 nitrogen and oxygen atoms in total. The normalized spacial score (nSPS) is 18.7. The fraction of sp³-hybridized carbons (Fsp3) is 0.288. The Morgan fingerprint density at radius 3 is 1.35 bits per heavy atom. The summed E-state index contributed by atoms with van der Waals surface area (Å²) in [6.07, 6.45) is 2.62. The van der Waals surface area contributed by atoms with Crippen LogP contribution in [0, 0.1) is 20.8 Å². The summed E-state index contributed by atoms with van der Waals surface area (Å²) in [5.41, 5.74) is 9.80. The maximum atomic E-state index is 13.6. The number of alkyl halides is 9. The van der Waals surface area contributed by atoms with Crippen molar-refractivity contribution in [3.63, 3.8) is 0 Å². The molecule has 18 rings (SSSR count). The molecule has 3 atom stereocenters. The Kier molecular flexibility index (Phi) is 11.0. The number of halogens is 9. The van der Waals surface area contributed by atoms with Crippen molar-refractivity contribution < 1.29 is 66.9 Å². The lowest BCUT2D eigenvalue weighted by atomic mass is 9.87. The number of hydrogen-bond acceptors (Lipinski definition) is 12. The minimum atomic E-state index is -4.69. The molecule has 462 valence electrons. The lowest BCUT2D eigenvalue weighted by Crippen LogP contribution is -2.77. The second-order valence-corrected chi connectivity index (χ2v) is 24.8. The van der Waals surface area contributed by atoms with Gasteiger partial charge in [0.05, 0.1) is 23.3 Å². The molecule has 0 aliphatic carbocycles. The van der Waals surface area contributed by atoms with Crippen molar-refractivity contribution in [3.8, 4) is 68.8 Å². The zero-order valence-electron chi connectivity index (χ0n) is 49.8. The van der Waals surface area contributed by atoms with Gasteiger partial charge in [-0.05, 0) is 72.0 Å². The number of aryl methyl sites for hydroxylation is 3. The predicted molar refractivity (Wildman–Crippen MR) is 293 cm³/mol. The van der Waals surface area contributed by atoms with E-state index in [1.165, 1.54) is 32.6 Å². The predicted octanol–water partition coefficient (Wildman–Crippen LogP) is 5.43. The minimum absolute atomic E-state index is 0.0253. The Labute approximate surface area is 512 Å². The highest BCUT2D eigenvalue weighted by Gasteiger charge is 2.73.